The van der Waals surface area contributed by atoms with E-state index in [4.69, 9.17) is 5.73 Å². The van der Waals surface area contributed by atoms with Gasteiger partial charge in [0.05, 0.1) is 0 Å². The molecule has 0 unspecified atom stereocenters. The number of anilines is 2. The van der Waals surface area contributed by atoms with Gasteiger partial charge in [-0.05, 0) is 47.9 Å². The highest BCUT2D eigenvalue weighted by Gasteiger charge is 2.04. The number of halogens is 1. The highest BCUT2D eigenvalue weighted by molar-refractivity contribution is 5.97. The number of benzene rings is 2. The summed E-state index contributed by atoms with van der Waals surface area (Å²) in [4.78, 5) is 15.8. The number of guanidine groups is 1. The van der Waals surface area contributed by atoms with E-state index in [1.807, 2.05) is 24.3 Å². The fourth-order valence-electron chi connectivity index (χ4n) is 2.05. The van der Waals surface area contributed by atoms with E-state index >= 15 is 0 Å². The minimum atomic E-state index is -0.358. The summed E-state index contributed by atoms with van der Waals surface area (Å²) in [7, 11) is 0. The summed E-state index contributed by atoms with van der Waals surface area (Å²) in [5.41, 5.74) is 8.31. The van der Waals surface area contributed by atoms with Crippen molar-refractivity contribution in [1.82, 2.24) is 0 Å². The van der Waals surface area contributed by atoms with Crippen molar-refractivity contribution in [3.8, 4) is 0 Å². The summed E-state index contributed by atoms with van der Waals surface area (Å²) in [6, 6.07) is 13.4. The lowest BCUT2D eigenvalue weighted by Gasteiger charge is -2.10. The average molecular weight is 328 g/mol. The second kappa shape index (κ2) is 8.10. The number of amides is 1. The number of nitrogens with one attached hydrogen (secondary N) is 2. The Kier molecular flexibility index (Phi) is 5.89. The molecular weight excluding hydrogens is 307 g/mol. The molecule has 0 aliphatic heterocycles. The van der Waals surface area contributed by atoms with Gasteiger partial charge in [-0.25, -0.2) is 9.38 Å². The Hall–Kier alpha value is -2.89. The fourth-order valence-corrected chi connectivity index (χ4v) is 2.05. The molecule has 0 saturated carbocycles. The molecule has 0 aliphatic rings. The minimum Gasteiger partial charge on any atom is -0.370 e. The molecule has 0 bridgehead atoms. The molecule has 0 aliphatic carbocycles. The molecule has 6 heteroatoms. The predicted molar refractivity (Wildman–Crippen MR) is 95.7 cm³/mol. The van der Waals surface area contributed by atoms with Crippen LogP contribution >= 0.6 is 0 Å². The van der Waals surface area contributed by atoms with Crippen molar-refractivity contribution in [2.45, 2.75) is 19.8 Å². The lowest BCUT2D eigenvalue weighted by molar-refractivity contribution is -0.114. The van der Waals surface area contributed by atoms with Gasteiger partial charge in [-0.2, -0.15) is 0 Å². The van der Waals surface area contributed by atoms with E-state index in [2.05, 4.69) is 29.5 Å². The van der Waals surface area contributed by atoms with E-state index in [0.717, 1.165) is 5.69 Å². The third kappa shape index (κ3) is 5.39. The first-order valence-electron chi connectivity index (χ1n) is 7.66. The number of hydrogen-bond donors (Lipinski definition) is 3. The monoisotopic (exact) mass is 328 g/mol. The number of nitrogens with two attached hydrogens (primary N) is 1. The quantitative estimate of drug-likeness (QED) is 0.582. The van der Waals surface area contributed by atoms with Gasteiger partial charge in [0, 0.05) is 11.4 Å². The summed E-state index contributed by atoms with van der Waals surface area (Å²) in [5.74, 6) is -0.123. The van der Waals surface area contributed by atoms with Crippen LogP contribution < -0.4 is 16.4 Å². The average Bonchev–Trinajstić information content (AvgIpc) is 2.55. The van der Waals surface area contributed by atoms with Gasteiger partial charge in [0.25, 0.3) is 0 Å². The number of nitrogens with zero attached hydrogens (tertiary/aromatic N) is 1. The number of aliphatic imine (C=N–C) groups is 1. The molecule has 0 heterocycles. The van der Waals surface area contributed by atoms with Crippen molar-refractivity contribution >= 4 is 23.2 Å². The van der Waals surface area contributed by atoms with E-state index in [1.165, 1.54) is 29.8 Å². The zero-order chi connectivity index (χ0) is 17.5. The van der Waals surface area contributed by atoms with Crippen molar-refractivity contribution in [3.63, 3.8) is 0 Å². The third-order valence-corrected chi connectivity index (χ3v) is 3.35. The van der Waals surface area contributed by atoms with Crippen molar-refractivity contribution in [2.75, 3.05) is 17.2 Å². The Morgan fingerprint density at radius 3 is 2.50 bits per heavy atom. The number of carbonyl (C=O) groups is 1. The highest BCUT2D eigenvalue weighted by atomic mass is 19.1. The molecule has 24 heavy (non-hydrogen) atoms. The molecule has 0 radical (unpaired) electrons. The summed E-state index contributed by atoms with van der Waals surface area (Å²) < 4.78 is 12.8. The van der Waals surface area contributed by atoms with Gasteiger partial charge < -0.3 is 16.4 Å². The number of rotatable bonds is 5. The standard InChI is InChI=1S/C18H21FN4O/c1-12(2)13-4-3-5-16(10-13)23-18(20)21-11-17(24)22-15-8-6-14(19)7-9-15/h3-10,12H,11H2,1-2H3,(H,22,24)(H3,20,21,23). The molecule has 1 amide bonds. The lowest BCUT2D eigenvalue weighted by Crippen LogP contribution is -2.25. The summed E-state index contributed by atoms with van der Waals surface area (Å²) in [6.45, 7) is 4.09. The molecule has 5 nitrogen and oxygen atoms in total. The molecule has 2 aromatic rings. The SMILES string of the molecule is CC(C)c1cccc(NC(N)=NCC(=O)Nc2ccc(F)cc2)c1. The van der Waals surface area contributed by atoms with Crippen LogP contribution in [0.2, 0.25) is 0 Å². The summed E-state index contributed by atoms with van der Waals surface area (Å²) in [5, 5.41) is 5.58. The Morgan fingerprint density at radius 1 is 1.12 bits per heavy atom. The van der Waals surface area contributed by atoms with Gasteiger partial charge in [-0.1, -0.05) is 26.0 Å². The topological polar surface area (TPSA) is 79.5 Å². The van der Waals surface area contributed by atoms with Crippen LogP contribution in [0.5, 0.6) is 0 Å². The van der Waals surface area contributed by atoms with E-state index in [-0.39, 0.29) is 24.2 Å². The van der Waals surface area contributed by atoms with Gasteiger partial charge in [-0.3, -0.25) is 4.79 Å². The lowest BCUT2D eigenvalue weighted by atomic mass is 10.0. The zero-order valence-corrected chi connectivity index (χ0v) is 13.7. The Balaban J connectivity index is 1.90. The second-order valence-electron chi connectivity index (χ2n) is 5.66. The van der Waals surface area contributed by atoms with Crippen LogP contribution in [-0.4, -0.2) is 18.4 Å². The molecule has 4 N–H and O–H groups in total. The minimum absolute atomic E-state index is 0.125. The van der Waals surface area contributed by atoms with Gasteiger partial charge in [0.2, 0.25) is 5.91 Å². The van der Waals surface area contributed by atoms with Crippen LogP contribution in [0.25, 0.3) is 0 Å². The predicted octanol–water partition coefficient (Wildman–Crippen LogP) is 3.31. The molecule has 0 saturated heterocycles. The first-order valence-corrected chi connectivity index (χ1v) is 7.66. The molecule has 2 aromatic carbocycles. The van der Waals surface area contributed by atoms with Crippen LogP contribution in [0, 0.1) is 5.82 Å². The molecule has 0 aromatic heterocycles. The summed E-state index contributed by atoms with van der Waals surface area (Å²) >= 11 is 0. The molecule has 126 valence electrons. The Labute approximate surface area is 140 Å². The normalized spacial score (nSPS) is 11.4. The van der Waals surface area contributed by atoms with Crippen LogP contribution in [-0.2, 0) is 4.79 Å². The van der Waals surface area contributed by atoms with Gasteiger partial charge in [0.1, 0.15) is 12.4 Å². The van der Waals surface area contributed by atoms with E-state index in [9.17, 15) is 9.18 Å². The van der Waals surface area contributed by atoms with Gasteiger partial charge in [0.15, 0.2) is 5.96 Å². The first kappa shape index (κ1) is 17.5. The summed E-state index contributed by atoms with van der Waals surface area (Å²) in [6.07, 6.45) is 0. The second-order valence-corrected chi connectivity index (χ2v) is 5.66. The fraction of sp³-hybridized carbons (Fsp3) is 0.222. The van der Waals surface area contributed by atoms with Crippen LogP contribution in [0.1, 0.15) is 25.3 Å². The molecule has 2 rings (SSSR count). The first-order chi connectivity index (χ1) is 11.4. The van der Waals surface area contributed by atoms with Crippen LogP contribution in [0.4, 0.5) is 15.8 Å². The van der Waals surface area contributed by atoms with E-state index in [1.54, 1.807) is 0 Å². The molecular formula is C18H21FN4O. The molecule has 0 atom stereocenters. The van der Waals surface area contributed by atoms with Crippen molar-refractivity contribution in [2.24, 2.45) is 10.7 Å². The number of hydrogen-bond acceptors (Lipinski definition) is 2. The maximum Gasteiger partial charge on any atom is 0.246 e. The van der Waals surface area contributed by atoms with Gasteiger partial charge in [-0.15, -0.1) is 0 Å². The van der Waals surface area contributed by atoms with Crippen LogP contribution in [0.15, 0.2) is 53.5 Å². The molecule has 0 spiro atoms. The van der Waals surface area contributed by atoms with Crippen molar-refractivity contribution < 1.29 is 9.18 Å². The van der Waals surface area contributed by atoms with E-state index in [0.29, 0.717) is 11.6 Å². The van der Waals surface area contributed by atoms with Gasteiger partial charge >= 0.3 is 0 Å². The third-order valence-electron chi connectivity index (χ3n) is 3.35. The van der Waals surface area contributed by atoms with Crippen molar-refractivity contribution in [1.29, 1.82) is 0 Å². The van der Waals surface area contributed by atoms with E-state index < -0.39 is 0 Å². The maximum atomic E-state index is 12.8. The van der Waals surface area contributed by atoms with Crippen molar-refractivity contribution in [3.05, 3.63) is 59.9 Å². The number of carbonyl (C=O) groups excluding carboxylic acids is 1. The van der Waals surface area contributed by atoms with Crippen LogP contribution in [0.3, 0.4) is 0 Å². The zero-order valence-electron chi connectivity index (χ0n) is 13.7. The largest absolute Gasteiger partial charge is 0.370 e. The smallest absolute Gasteiger partial charge is 0.246 e. The maximum absolute atomic E-state index is 12.8. The Bertz CT molecular complexity index is 726. The molecule has 0 fully saturated rings. The highest BCUT2D eigenvalue weighted by Crippen LogP contribution is 2.18. The Morgan fingerprint density at radius 2 is 1.83 bits per heavy atom.